The van der Waals surface area contributed by atoms with E-state index in [0.29, 0.717) is 11.5 Å². The SMILES string of the molecule is O=C(N/N=C/c1ccc([C@H]2C=CCC2)s1)c1cccc2cc[nH]c12. The lowest BCUT2D eigenvalue weighted by Gasteiger charge is -2.02. The van der Waals surface area contributed by atoms with E-state index in [2.05, 4.69) is 33.7 Å². The first-order chi connectivity index (χ1) is 11.8. The summed E-state index contributed by atoms with van der Waals surface area (Å²) in [7, 11) is 0. The number of carbonyl (C=O) groups is 1. The van der Waals surface area contributed by atoms with Gasteiger partial charge in [0.2, 0.25) is 0 Å². The van der Waals surface area contributed by atoms with Crippen molar-refractivity contribution >= 4 is 34.4 Å². The van der Waals surface area contributed by atoms with Crippen LogP contribution in [-0.2, 0) is 0 Å². The zero-order chi connectivity index (χ0) is 16.4. The minimum absolute atomic E-state index is 0.213. The molecule has 1 atom stereocenters. The van der Waals surface area contributed by atoms with E-state index < -0.39 is 0 Å². The molecule has 0 fully saturated rings. The highest BCUT2D eigenvalue weighted by atomic mass is 32.1. The van der Waals surface area contributed by atoms with Gasteiger partial charge in [0, 0.05) is 27.3 Å². The first-order valence-corrected chi connectivity index (χ1v) is 8.79. The van der Waals surface area contributed by atoms with Crippen molar-refractivity contribution in [1.82, 2.24) is 10.4 Å². The summed E-state index contributed by atoms with van der Waals surface area (Å²) in [5, 5.41) is 5.12. The van der Waals surface area contributed by atoms with Crippen LogP contribution < -0.4 is 5.43 Å². The van der Waals surface area contributed by atoms with E-state index in [-0.39, 0.29) is 5.91 Å². The van der Waals surface area contributed by atoms with Crippen LogP contribution in [0.5, 0.6) is 0 Å². The molecule has 0 aliphatic heterocycles. The molecule has 5 heteroatoms. The normalized spacial score (nSPS) is 17.1. The number of allylic oxidation sites excluding steroid dienone is 2. The number of aromatic nitrogens is 1. The number of hydrazone groups is 1. The van der Waals surface area contributed by atoms with Crippen LogP contribution >= 0.6 is 11.3 Å². The molecule has 0 saturated heterocycles. The van der Waals surface area contributed by atoms with Gasteiger partial charge in [-0.2, -0.15) is 5.10 Å². The molecule has 0 spiro atoms. The van der Waals surface area contributed by atoms with Crippen molar-refractivity contribution in [3.8, 4) is 0 Å². The third-order valence-electron chi connectivity index (χ3n) is 4.22. The summed E-state index contributed by atoms with van der Waals surface area (Å²) >= 11 is 1.72. The van der Waals surface area contributed by atoms with Gasteiger partial charge in [-0.25, -0.2) is 5.43 Å². The molecular weight excluding hydrogens is 318 g/mol. The van der Waals surface area contributed by atoms with E-state index in [4.69, 9.17) is 0 Å². The minimum Gasteiger partial charge on any atom is -0.361 e. The van der Waals surface area contributed by atoms with Crippen molar-refractivity contribution in [2.45, 2.75) is 18.8 Å². The largest absolute Gasteiger partial charge is 0.361 e. The molecule has 0 bridgehead atoms. The Morgan fingerprint density at radius 1 is 1.29 bits per heavy atom. The van der Waals surface area contributed by atoms with E-state index in [1.165, 1.54) is 11.3 Å². The molecule has 2 aromatic heterocycles. The molecule has 120 valence electrons. The molecule has 4 nitrogen and oxygen atoms in total. The quantitative estimate of drug-likeness (QED) is 0.414. The maximum atomic E-state index is 12.3. The Kier molecular flexibility index (Phi) is 4.01. The summed E-state index contributed by atoms with van der Waals surface area (Å²) in [4.78, 5) is 17.8. The number of hydrogen-bond donors (Lipinski definition) is 2. The molecule has 0 radical (unpaired) electrons. The number of thiophene rings is 1. The molecule has 0 unspecified atom stereocenters. The Bertz CT molecular complexity index is 935. The average Bonchev–Trinajstić information content (AvgIpc) is 3.34. The molecular formula is C19H17N3OS. The van der Waals surface area contributed by atoms with Crippen LogP contribution in [0.4, 0.5) is 0 Å². The van der Waals surface area contributed by atoms with E-state index in [0.717, 1.165) is 22.2 Å². The number of hydrogen-bond acceptors (Lipinski definition) is 3. The van der Waals surface area contributed by atoms with Crippen LogP contribution in [0.2, 0.25) is 0 Å². The van der Waals surface area contributed by atoms with Crippen molar-refractivity contribution in [1.29, 1.82) is 0 Å². The van der Waals surface area contributed by atoms with Crippen molar-refractivity contribution in [2.75, 3.05) is 0 Å². The fourth-order valence-corrected chi connectivity index (χ4v) is 3.99. The number of fused-ring (bicyclic) bond motifs is 1. The van der Waals surface area contributed by atoms with Gasteiger partial charge in [-0.1, -0.05) is 24.3 Å². The zero-order valence-corrected chi connectivity index (χ0v) is 13.8. The van der Waals surface area contributed by atoms with Crippen LogP contribution in [-0.4, -0.2) is 17.1 Å². The van der Waals surface area contributed by atoms with Gasteiger partial charge in [0.1, 0.15) is 0 Å². The molecule has 4 rings (SSSR count). The lowest BCUT2D eigenvalue weighted by Crippen LogP contribution is -2.17. The van der Waals surface area contributed by atoms with Gasteiger partial charge in [-0.3, -0.25) is 4.79 Å². The predicted molar refractivity (Wildman–Crippen MR) is 98.8 cm³/mol. The standard InChI is InChI=1S/C19H17N3OS/c23-19(16-7-3-6-14-10-11-20-18(14)16)22-21-12-15-8-9-17(24-15)13-4-1-2-5-13/h1,3-4,6-13,20H,2,5H2,(H,22,23)/b21-12+/t13-/m0/s1. The first kappa shape index (κ1) is 14.9. The molecule has 2 heterocycles. The van der Waals surface area contributed by atoms with E-state index in [1.54, 1.807) is 23.6 Å². The van der Waals surface area contributed by atoms with Gasteiger partial charge >= 0.3 is 0 Å². The zero-order valence-electron chi connectivity index (χ0n) is 13.0. The van der Waals surface area contributed by atoms with Gasteiger partial charge in [-0.15, -0.1) is 11.3 Å². The Morgan fingerprint density at radius 2 is 2.25 bits per heavy atom. The third kappa shape index (κ3) is 2.90. The second-order valence-electron chi connectivity index (χ2n) is 5.80. The van der Waals surface area contributed by atoms with E-state index >= 15 is 0 Å². The maximum Gasteiger partial charge on any atom is 0.273 e. The van der Waals surface area contributed by atoms with E-state index in [9.17, 15) is 4.79 Å². The smallest absolute Gasteiger partial charge is 0.273 e. The van der Waals surface area contributed by atoms with E-state index in [1.807, 2.05) is 30.5 Å². The Balaban J connectivity index is 1.44. The number of aromatic amines is 1. The summed E-state index contributed by atoms with van der Waals surface area (Å²) in [5.74, 6) is 0.326. The summed E-state index contributed by atoms with van der Waals surface area (Å²) < 4.78 is 0. The molecule has 0 saturated carbocycles. The number of para-hydroxylation sites is 1. The summed E-state index contributed by atoms with van der Waals surface area (Å²) in [6, 6.07) is 11.8. The number of nitrogens with one attached hydrogen (secondary N) is 2. The molecule has 24 heavy (non-hydrogen) atoms. The van der Waals surface area contributed by atoms with Gasteiger partial charge in [-0.05, 0) is 37.1 Å². The summed E-state index contributed by atoms with van der Waals surface area (Å²) in [5.41, 5.74) is 4.04. The maximum absolute atomic E-state index is 12.3. The number of H-pyrrole nitrogens is 1. The lowest BCUT2D eigenvalue weighted by atomic mass is 10.1. The number of carbonyl (C=O) groups excluding carboxylic acids is 1. The Morgan fingerprint density at radius 3 is 3.12 bits per heavy atom. The van der Waals surface area contributed by atoms with Crippen LogP contribution in [0.1, 0.15) is 38.9 Å². The topological polar surface area (TPSA) is 57.2 Å². The predicted octanol–water partition coefficient (Wildman–Crippen LogP) is 4.43. The molecule has 2 N–H and O–H groups in total. The molecule has 1 amide bonds. The molecule has 3 aromatic rings. The fourth-order valence-electron chi connectivity index (χ4n) is 3.00. The second-order valence-corrected chi connectivity index (χ2v) is 6.95. The first-order valence-electron chi connectivity index (χ1n) is 7.97. The minimum atomic E-state index is -0.213. The second kappa shape index (κ2) is 6.45. The van der Waals surface area contributed by atoms with Crippen LogP contribution in [0.15, 0.2) is 59.8 Å². The Hall–Kier alpha value is -2.66. The highest BCUT2D eigenvalue weighted by molar-refractivity contribution is 7.13. The summed E-state index contributed by atoms with van der Waals surface area (Å²) in [6.07, 6.45) is 10.4. The van der Waals surface area contributed by atoms with Gasteiger partial charge in [0.25, 0.3) is 5.91 Å². The van der Waals surface area contributed by atoms with Gasteiger partial charge in [0.15, 0.2) is 0 Å². The highest BCUT2D eigenvalue weighted by Crippen LogP contribution is 2.32. The Labute approximate surface area is 143 Å². The van der Waals surface area contributed by atoms with Crippen LogP contribution in [0.3, 0.4) is 0 Å². The van der Waals surface area contributed by atoms with Gasteiger partial charge < -0.3 is 4.98 Å². The van der Waals surface area contributed by atoms with Crippen molar-refractivity contribution in [2.24, 2.45) is 5.10 Å². The monoisotopic (exact) mass is 335 g/mol. The molecule has 1 aliphatic carbocycles. The number of amides is 1. The number of rotatable bonds is 4. The molecule has 1 aromatic carbocycles. The van der Waals surface area contributed by atoms with Crippen molar-refractivity contribution < 1.29 is 4.79 Å². The highest BCUT2D eigenvalue weighted by Gasteiger charge is 2.13. The third-order valence-corrected chi connectivity index (χ3v) is 5.37. The van der Waals surface area contributed by atoms with Crippen LogP contribution in [0.25, 0.3) is 10.9 Å². The molecule has 1 aliphatic rings. The van der Waals surface area contributed by atoms with Crippen molar-refractivity contribution in [3.63, 3.8) is 0 Å². The fraction of sp³-hybridized carbons (Fsp3) is 0.158. The number of nitrogens with zero attached hydrogens (tertiary/aromatic N) is 1. The van der Waals surface area contributed by atoms with Crippen molar-refractivity contribution in [3.05, 3.63) is 70.1 Å². The van der Waals surface area contributed by atoms with Crippen LogP contribution in [0, 0.1) is 0 Å². The average molecular weight is 335 g/mol. The van der Waals surface area contributed by atoms with Gasteiger partial charge in [0.05, 0.1) is 17.3 Å². The number of benzene rings is 1. The summed E-state index contributed by atoms with van der Waals surface area (Å²) in [6.45, 7) is 0. The lowest BCUT2D eigenvalue weighted by molar-refractivity contribution is 0.0956.